The first-order valence-corrected chi connectivity index (χ1v) is 17.9. The summed E-state index contributed by atoms with van der Waals surface area (Å²) in [7, 11) is -4.64. The van der Waals surface area contributed by atoms with Crippen LogP contribution in [-0.2, 0) is 43.8 Å². The molecule has 0 saturated carbocycles. The van der Waals surface area contributed by atoms with E-state index in [-0.39, 0.29) is 31.7 Å². The van der Waals surface area contributed by atoms with E-state index in [0.717, 1.165) is 45.0 Å². The largest absolute Gasteiger partial charge is 0.534 e. The molecule has 0 unspecified atom stereocenters. The Kier molecular flexibility index (Phi) is 10.4. The zero-order valence-electron chi connectivity index (χ0n) is 29.0. The Balaban J connectivity index is 1.15. The summed E-state index contributed by atoms with van der Waals surface area (Å²) in [5.74, 6) is -1.37. The molecule has 54 heavy (non-hydrogen) atoms. The molecule has 0 spiro atoms. The average Bonchev–Trinajstić information content (AvgIpc) is 3.13. The number of carboxylic acid groups (broad SMARTS) is 1. The van der Waals surface area contributed by atoms with E-state index in [1.165, 1.54) is 19.2 Å². The van der Waals surface area contributed by atoms with Crippen molar-refractivity contribution in [1.29, 1.82) is 0 Å². The van der Waals surface area contributed by atoms with Gasteiger partial charge in [0.2, 0.25) is 5.91 Å². The number of halogens is 3. The summed E-state index contributed by atoms with van der Waals surface area (Å²) in [6.07, 6.45) is -0.333. The zero-order valence-corrected chi connectivity index (χ0v) is 29.9. The number of pyridine rings is 1. The zero-order chi connectivity index (χ0) is 38.9. The van der Waals surface area contributed by atoms with Gasteiger partial charge in [-0.25, -0.2) is 9.59 Å². The lowest BCUT2D eigenvalue weighted by molar-refractivity contribution is -0.145. The van der Waals surface area contributed by atoms with Crippen LogP contribution in [0.25, 0.3) is 11.1 Å². The molecule has 3 aromatic carbocycles. The van der Waals surface area contributed by atoms with Crippen molar-refractivity contribution in [3.05, 3.63) is 106 Å². The number of hydrogen-bond acceptors (Lipinski definition) is 10. The summed E-state index contributed by atoms with van der Waals surface area (Å²) in [5.41, 5.74) is 0.666. The molecule has 4 aromatic rings. The van der Waals surface area contributed by atoms with Crippen molar-refractivity contribution in [3.63, 3.8) is 0 Å². The van der Waals surface area contributed by atoms with E-state index in [1.807, 2.05) is 44.2 Å². The Bertz CT molecular complexity index is 2200. The van der Waals surface area contributed by atoms with E-state index in [9.17, 15) is 41.1 Å². The van der Waals surface area contributed by atoms with Crippen molar-refractivity contribution < 1.29 is 59.5 Å². The molecule has 17 heteroatoms. The Morgan fingerprint density at radius 2 is 1.70 bits per heavy atom. The van der Waals surface area contributed by atoms with Gasteiger partial charge in [-0.05, 0) is 83.1 Å². The number of carbonyl (C=O) groups excluding carboxylic acids is 2. The Morgan fingerprint density at radius 1 is 1.02 bits per heavy atom. The molecule has 2 amide bonds. The average molecular weight is 770 g/mol. The number of methoxy groups -OCH3 is 1. The van der Waals surface area contributed by atoms with Crippen LogP contribution in [0.1, 0.15) is 39.6 Å². The van der Waals surface area contributed by atoms with Gasteiger partial charge in [0.1, 0.15) is 24.4 Å². The van der Waals surface area contributed by atoms with Crippen LogP contribution < -0.4 is 19.0 Å². The van der Waals surface area contributed by atoms with E-state index >= 15 is 0 Å². The highest BCUT2D eigenvalue weighted by Gasteiger charge is 2.48. The van der Waals surface area contributed by atoms with Crippen LogP contribution in [0.2, 0.25) is 0 Å². The summed E-state index contributed by atoms with van der Waals surface area (Å²) >= 11 is 0. The van der Waals surface area contributed by atoms with E-state index in [0.29, 0.717) is 22.4 Å². The topological polar surface area (TPSA) is 171 Å². The molecule has 0 aliphatic carbocycles. The lowest BCUT2D eigenvalue weighted by Crippen LogP contribution is -2.55. The molecular formula is C37H34F3N3O10S. The van der Waals surface area contributed by atoms with E-state index in [4.69, 9.17) is 14.2 Å². The molecule has 2 aliphatic rings. The fourth-order valence-corrected chi connectivity index (χ4v) is 6.73. The predicted octanol–water partition coefficient (Wildman–Crippen LogP) is 5.41. The third kappa shape index (κ3) is 7.90. The third-order valence-electron chi connectivity index (χ3n) is 9.31. The maximum Gasteiger partial charge on any atom is 0.534 e. The maximum atomic E-state index is 13.7. The van der Waals surface area contributed by atoms with E-state index in [1.54, 1.807) is 18.3 Å². The Hall–Kier alpha value is -5.84. The number of aryl methyl sites for hydroxylation is 1. The van der Waals surface area contributed by atoms with Gasteiger partial charge in [-0.3, -0.25) is 14.7 Å². The number of benzene rings is 3. The van der Waals surface area contributed by atoms with Crippen molar-refractivity contribution in [2.24, 2.45) is 0 Å². The summed E-state index contributed by atoms with van der Waals surface area (Å²) < 4.78 is 81.8. The van der Waals surface area contributed by atoms with Gasteiger partial charge < -0.3 is 28.8 Å². The van der Waals surface area contributed by atoms with Gasteiger partial charge in [-0.1, -0.05) is 36.4 Å². The second-order valence-electron chi connectivity index (χ2n) is 12.7. The number of carbonyl (C=O) groups is 3. The van der Waals surface area contributed by atoms with Gasteiger partial charge in [0.05, 0.1) is 13.7 Å². The fraction of sp³-hybridized carbons (Fsp3) is 0.297. The quantitative estimate of drug-likeness (QED) is 0.127. The summed E-state index contributed by atoms with van der Waals surface area (Å²) in [6.45, 7) is 3.69. The van der Waals surface area contributed by atoms with Crippen LogP contribution in [0.15, 0.2) is 72.9 Å². The lowest BCUT2D eigenvalue weighted by atomic mass is 9.92. The molecule has 3 atom stereocenters. The number of ether oxygens (including phenoxy) is 3. The van der Waals surface area contributed by atoms with Crippen LogP contribution in [-0.4, -0.2) is 72.7 Å². The fourth-order valence-electron chi connectivity index (χ4n) is 6.28. The summed E-state index contributed by atoms with van der Waals surface area (Å²) in [5, 5.41) is 12.8. The van der Waals surface area contributed by atoms with E-state index in [2.05, 4.69) is 14.5 Å². The van der Waals surface area contributed by atoms with Crippen molar-refractivity contribution >= 4 is 28.1 Å². The number of amides is 2. The molecule has 2 aliphatic heterocycles. The van der Waals surface area contributed by atoms with E-state index < -0.39 is 57.5 Å². The molecule has 284 valence electrons. The number of rotatable bonds is 9. The molecule has 0 bridgehead atoms. The van der Waals surface area contributed by atoms with Gasteiger partial charge in [-0.15, -0.1) is 0 Å². The molecule has 1 aromatic heterocycles. The van der Waals surface area contributed by atoms with Gasteiger partial charge in [-0.2, -0.15) is 21.6 Å². The highest BCUT2D eigenvalue weighted by molar-refractivity contribution is 7.88. The minimum absolute atomic E-state index is 0.0262. The number of fused-ring (bicyclic) bond motifs is 2. The molecule has 13 nitrogen and oxygen atoms in total. The first-order chi connectivity index (χ1) is 25.5. The van der Waals surface area contributed by atoms with Crippen LogP contribution in [0.3, 0.4) is 0 Å². The van der Waals surface area contributed by atoms with Gasteiger partial charge in [0.15, 0.2) is 17.6 Å². The number of nitrogens with zero attached hydrogens (tertiary/aromatic N) is 2. The minimum Gasteiger partial charge on any atom is -0.485 e. The van der Waals surface area contributed by atoms with Crippen LogP contribution in [0.5, 0.6) is 17.2 Å². The van der Waals surface area contributed by atoms with Crippen molar-refractivity contribution in [2.45, 2.75) is 56.9 Å². The van der Waals surface area contributed by atoms with Gasteiger partial charge in [0.25, 0.3) is 0 Å². The standard InChI is InChI=1S/C37H34F3N3O10S/c1-20-21(2)41-13-12-28(20)23-6-4-22(5-7-23)14-29(35(45)50-3)42-34(44)30-15-25-16-31-32(17-26(25)18-43(30)36(46)47)52-33(19-51-31)24-8-10-27(11-9-24)53-54(48,49)37(38,39)40/h4-13,16-17,29-30,33H,14-15,18-19H2,1-3H3,(H,42,44)(H,46,47)/t29-,30-,33+/m0/s1. The highest BCUT2D eigenvalue weighted by Crippen LogP contribution is 2.41. The third-order valence-corrected chi connectivity index (χ3v) is 10.3. The van der Waals surface area contributed by atoms with Crippen LogP contribution in [0.4, 0.5) is 18.0 Å². The lowest BCUT2D eigenvalue weighted by Gasteiger charge is -2.36. The number of aromatic nitrogens is 1. The SMILES string of the molecule is COC(=O)[C@H](Cc1ccc(-c2ccnc(C)c2C)cc1)NC(=O)[C@@H]1Cc2cc3c(cc2CN1C(=O)O)O[C@@H](c1ccc(OS(=O)(=O)C(F)(F)F)cc1)CO3. The maximum absolute atomic E-state index is 13.7. The smallest absolute Gasteiger partial charge is 0.485 e. The molecule has 6 rings (SSSR count). The monoisotopic (exact) mass is 769 g/mol. The first-order valence-electron chi connectivity index (χ1n) is 16.5. The summed E-state index contributed by atoms with van der Waals surface area (Å²) in [4.78, 5) is 44.2. The minimum atomic E-state index is -5.84. The Labute approximate surface area is 307 Å². The number of hydrogen-bond donors (Lipinski definition) is 2. The van der Waals surface area contributed by atoms with Gasteiger partial charge in [0, 0.05) is 24.7 Å². The van der Waals surface area contributed by atoms with Crippen molar-refractivity contribution in [2.75, 3.05) is 13.7 Å². The second-order valence-corrected chi connectivity index (χ2v) is 14.3. The molecular weight excluding hydrogens is 735 g/mol. The van der Waals surface area contributed by atoms with Gasteiger partial charge >= 0.3 is 27.7 Å². The molecule has 0 radical (unpaired) electrons. The normalized spacial score (nSPS) is 17.2. The predicted molar refractivity (Wildman–Crippen MR) is 185 cm³/mol. The number of alkyl halides is 3. The van der Waals surface area contributed by atoms with Crippen LogP contribution >= 0.6 is 0 Å². The molecule has 0 fully saturated rings. The first kappa shape index (κ1) is 37.9. The molecule has 3 heterocycles. The second kappa shape index (κ2) is 14.9. The van der Waals surface area contributed by atoms with Crippen LogP contribution in [0, 0.1) is 13.8 Å². The highest BCUT2D eigenvalue weighted by atomic mass is 32.2. The number of nitrogens with one attached hydrogen (secondary N) is 1. The number of esters is 1. The molecule has 2 N–H and O–H groups in total. The van der Waals surface area contributed by atoms with Crippen molar-refractivity contribution in [3.8, 4) is 28.4 Å². The summed E-state index contributed by atoms with van der Waals surface area (Å²) in [6, 6.07) is 15.1. The van der Waals surface area contributed by atoms with Crippen molar-refractivity contribution in [1.82, 2.24) is 15.2 Å². The molecule has 0 saturated heterocycles. The Morgan fingerprint density at radius 3 is 2.35 bits per heavy atom.